The zero-order valence-corrected chi connectivity index (χ0v) is 15.0. The number of nitrogens with zero attached hydrogens (tertiary/aromatic N) is 4. The predicted octanol–water partition coefficient (Wildman–Crippen LogP) is 2.71. The van der Waals surface area contributed by atoms with Crippen molar-refractivity contribution in [3.05, 3.63) is 36.0 Å². The van der Waals surface area contributed by atoms with Crippen LogP contribution in [0.2, 0.25) is 0 Å². The molecule has 10 heteroatoms. The summed E-state index contributed by atoms with van der Waals surface area (Å²) in [6.07, 6.45) is 1.49. The molecular weight excluding hydrogens is 356 g/mol. The van der Waals surface area contributed by atoms with Gasteiger partial charge in [-0.05, 0) is 32.9 Å². The molecule has 4 N–H and O–H groups in total. The van der Waals surface area contributed by atoms with Crippen LogP contribution in [0.25, 0.3) is 11.2 Å². The number of nitrogens with one attached hydrogen (secondary N) is 2. The lowest BCUT2D eigenvalue weighted by atomic mass is 10.3. The molecule has 142 valence electrons. The van der Waals surface area contributed by atoms with Gasteiger partial charge in [0, 0.05) is 12.1 Å². The van der Waals surface area contributed by atoms with Gasteiger partial charge in [0.05, 0.1) is 11.9 Å². The standard InChI is InChI=1S/C17H19F2N7O/c1-8(2)22-16-21-7-13-15(25-16)26(9(3)14(20)27)17(24-13)23-12-5-4-10(18)6-11(12)19/h4-9H,1-3H3,(H2,20,27)(H,23,24)(H,21,22,25)/t9-/m1/s1. The molecule has 1 aromatic carbocycles. The lowest BCUT2D eigenvalue weighted by Gasteiger charge is -2.15. The molecule has 1 atom stereocenters. The number of anilines is 3. The highest BCUT2D eigenvalue weighted by molar-refractivity contribution is 5.83. The first-order chi connectivity index (χ1) is 12.8. The van der Waals surface area contributed by atoms with E-state index in [2.05, 4.69) is 25.6 Å². The predicted molar refractivity (Wildman–Crippen MR) is 97.6 cm³/mol. The van der Waals surface area contributed by atoms with Gasteiger partial charge in [-0.25, -0.2) is 18.7 Å². The maximum Gasteiger partial charge on any atom is 0.240 e. The molecule has 27 heavy (non-hydrogen) atoms. The number of hydrogen-bond acceptors (Lipinski definition) is 6. The fourth-order valence-corrected chi connectivity index (χ4v) is 2.51. The van der Waals surface area contributed by atoms with Crippen LogP contribution in [-0.4, -0.2) is 31.5 Å². The Balaban J connectivity index is 2.12. The van der Waals surface area contributed by atoms with Gasteiger partial charge in [0.25, 0.3) is 0 Å². The molecule has 0 saturated carbocycles. The minimum absolute atomic E-state index is 0.00175. The summed E-state index contributed by atoms with van der Waals surface area (Å²) in [6, 6.07) is 2.37. The molecule has 0 aliphatic heterocycles. The van der Waals surface area contributed by atoms with Crippen LogP contribution in [0.5, 0.6) is 0 Å². The van der Waals surface area contributed by atoms with Gasteiger partial charge < -0.3 is 16.4 Å². The Morgan fingerprint density at radius 3 is 2.59 bits per heavy atom. The van der Waals surface area contributed by atoms with Crippen LogP contribution in [0.1, 0.15) is 26.8 Å². The number of amides is 1. The van der Waals surface area contributed by atoms with E-state index < -0.39 is 23.6 Å². The first-order valence-electron chi connectivity index (χ1n) is 8.29. The zero-order valence-electron chi connectivity index (χ0n) is 15.0. The summed E-state index contributed by atoms with van der Waals surface area (Å²) < 4.78 is 28.6. The lowest BCUT2D eigenvalue weighted by Crippen LogP contribution is -2.25. The summed E-state index contributed by atoms with van der Waals surface area (Å²) in [5, 5.41) is 5.83. The Kier molecular flexibility index (Phi) is 4.89. The van der Waals surface area contributed by atoms with Crippen LogP contribution in [0, 0.1) is 11.6 Å². The van der Waals surface area contributed by atoms with Gasteiger partial charge in [-0.2, -0.15) is 4.98 Å². The number of fused-ring (bicyclic) bond motifs is 1. The summed E-state index contributed by atoms with van der Waals surface area (Å²) in [7, 11) is 0. The van der Waals surface area contributed by atoms with Gasteiger partial charge in [0.15, 0.2) is 5.65 Å². The average Bonchev–Trinajstić information content (AvgIpc) is 2.93. The lowest BCUT2D eigenvalue weighted by molar-refractivity contribution is -0.120. The first-order valence-corrected chi connectivity index (χ1v) is 8.29. The highest BCUT2D eigenvalue weighted by Gasteiger charge is 2.22. The van der Waals surface area contributed by atoms with Crippen LogP contribution in [0.15, 0.2) is 24.4 Å². The number of aromatic nitrogens is 4. The van der Waals surface area contributed by atoms with Crippen LogP contribution < -0.4 is 16.4 Å². The van der Waals surface area contributed by atoms with Crippen molar-refractivity contribution in [3.63, 3.8) is 0 Å². The summed E-state index contributed by atoms with van der Waals surface area (Å²) in [5.74, 6) is -1.62. The normalized spacial score (nSPS) is 12.4. The number of rotatable bonds is 6. The highest BCUT2D eigenvalue weighted by atomic mass is 19.1. The van der Waals surface area contributed by atoms with E-state index in [1.165, 1.54) is 16.8 Å². The smallest absolute Gasteiger partial charge is 0.240 e. The van der Waals surface area contributed by atoms with Crippen molar-refractivity contribution in [1.29, 1.82) is 0 Å². The second-order valence-electron chi connectivity index (χ2n) is 6.33. The second kappa shape index (κ2) is 7.14. The Bertz CT molecular complexity index is 1000. The summed E-state index contributed by atoms with van der Waals surface area (Å²) in [4.78, 5) is 24.7. The van der Waals surface area contributed by atoms with Crippen LogP contribution in [0.4, 0.5) is 26.4 Å². The molecule has 0 spiro atoms. The number of carbonyl (C=O) groups excluding carboxylic acids is 1. The number of imidazole rings is 1. The number of primary amides is 1. The Labute approximate surface area is 153 Å². The fraction of sp³-hybridized carbons (Fsp3) is 0.294. The number of hydrogen-bond donors (Lipinski definition) is 3. The number of carbonyl (C=O) groups is 1. The monoisotopic (exact) mass is 375 g/mol. The molecule has 0 fully saturated rings. The van der Waals surface area contributed by atoms with E-state index in [4.69, 9.17) is 5.73 Å². The molecule has 3 rings (SSSR count). The van der Waals surface area contributed by atoms with E-state index in [9.17, 15) is 13.6 Å². The third-order valence-corrected chi connectivity index (χ3v) is 3.83. The van der Waals surface area contributed by atoms with E-state index in [1.54, 1.807) is 6.92 Å². The summed E-state index contributed by atoms with van der Waals surface area (Å²) in [6.45, 7) is 5.44. The van der Waals surface area contributed by atoms with E-state index >= 15 is 0 Å². The minimum atomic E-state index is -0.817. The largest absolute Gasteiger partial charge is 0.368 e. The SMILES string of the molecule is CC(C)Nc1ncc2nc(Nc3ccc(F)cc3F)n([C@H](C)C(N)=O)c2n1. The van der Waals surface area contributed by atoms with Crippen molar-refractivity contribution in [2.24, 2.45) is 5.73 Å². The first kappa shape index (κ1) is 18.5. The quantitative estimate of drug-likeness (QED) is 0.611. The van der Waals surface area contributed by atoms with Crippen molar-refractivity contribution in [3.8, 4) is 0 Å². The van der Waals surface area contributed by atoms with E-state index in [0.29, 0.717) is 17.1 Å². The van der Waals surface area contributed by atoms with Gasteiger partial charge in [-0.15, -0.1) is 0 Å². The third-order valence-electron chi connectivity index (χ3n) is 3.83. The number of benzene rings is 1. The van der Waals surface area contributed by atoms with E-state index in [0.717, 1.165) is 12.1 Å². The molecule has 1 amide bonds. The van der Waals surface area contributed by atoms with Gasteiger partial charge >= 0.3 is 0 Å². The van der Waals surface area contributed by atoms with Crippen molar-refractivity contribution in [2.45, 2.75) is 32.9 Å². The van der Waals surface area contributed by atoms with E-state index in [1.807, 2.05) is 13.8 Å². The molecule has 2 aromatic heterocycles. The molecule has 0 bridgehead atoms. The molecule has 0 aliphatic rings. The molecular formula is C17H19F2N7O. The summed E-state index contributed by atoms with van der Waals surface area (Å²) in [5.41, 5.74) is 6.19. The second-order valence-corrected chi connectivity index (χ2v) is 6.33. The minimum Gasteiger partial charge on any atom is -0.368 e. The topological polar surface area (TPSA) is 111 Å². The van der Waals surface area contributed by atoms with Crippen molar-refractivity contribution >= 4 is 34.7 Å². The van der Waals surface area contributed by atoms with Gasteiger partial charge in [0.2, 0.25) is 17.8 Å². The molecule has 0 saturated heterocycles. The molecule has 2 heterocycles. The molecule has 3 aromatic rings. The van der Waals surface area contributed by atoms with Crippen LogP contribution in [0.3, 0.4) is 0 Å². The maximum absolute atomic E-state index is 14.0. The third kappa shape index (κ3) is 3.78. The van der Waals surface area contributed by atoms with Crippen LogP contribution in [-0.2, 0) is 4.79 Å². The van der Waals surface area contributed by atoms with Crippen molar-refractivity contribution in [2.75, 3.05) is 10.6 Å². The molecule has 0 radical (unpaired) electrons. The highest BCUT2D eigenvalue weighted by Crippen LogP contribution is 2.27. The summed E-state index contributed by atoms with van der Waals surface area (Å²) >= 11 is 0. The Morgan fingerprint density at radius 2 is 1.96 bits per heavy atom. The molecule has 0 unspecified atom stereocenters. The number of nitrogens with two attached hydrogens (primary N) is 1. The fourth-order valence-electron chi connectivity index (χ4n) is 2.51. The van der Waals surface area contributed by atoms with Gasteiger partial charge in [-0.3, -0.25) is 9.36 Å². The average molecular weight is 375 g/mol. The zero-order chi connectivity index (χ0) is 19.7. The van der Waals surface area contributed by atoms with Crippen LogP contribution >= 0.6 is 0 Å². The molecule has 0 aliphatic carbocycles. The van der Waals surface area contributed by atoms with Crippen molar-refractivity contribution < 1.29 is 13.6 Å². The van der Waals surface area contributed by atoms with Gasteiger partial charge in [0.1, 0.15) is 23.2 Å². The Hall–Kier alpha value is -3.30. The maximum atomic E-state index is 14.0. The van der Waals surface area contributed by atoms with Gasteiger partial charge in [-0.1, -0.05) is 0 Å². The number of halogens is 2. The Morgan fingerprint density at radius 1 is 1.22 bits per heavy atom. The van der Waals surface area contributed by atoms with E-state index in [-0.39, 0.29) is 17.7 Å². The molecule has 8 nitrogen and oxygen atoms in total. The van der Waals surface area contributed by atoms with Crippen molar-refractivity contribution in [1.82, 2.24) is 19.5 Å².